The van der Waals surface area contributed by atoms with E-state index >= 15 is 0 Å². The van der Waals surface area contributed by atoms with E-state index in [1.807, 2.05) is 0 Å². The van der Waals surface area contributed by atoms with Gasteiger partial charge in [-0.25, -0.2) is 14.2 Å². The number of nitrogens with zero attached hydrogens (tertiary/aromatic N) is 1. The maximum Gasteiger partial charge on any atom is 0.417 e. The molecule has 0 saturated heterocycles. The van der Waals surface area contributed by atoms with E-state index in [0.717, 1.165) is 25.2 Å². The third kappa shape index (κ3) is 9.02. The minimum absolute atomic E-state index is 0.0353. The first-order valence-corrected chi connectivity index (χ1v) is 11.4. The zero-order valence-corrected chi connectivity index (χ0v) is 21.5. The van der Waals surface area contributed by atoms with E-state index in [1.54, 1.807) is 5.43 Å². The first-order chi connectivity index (χ1) is 17.7. The fraction of sp³-hybridized carbons (Fsp3) is 0.273. The van der Waals surface area contributed by atoms with Crippen LogP contribution in [0, 0.1) is 0 Å². The lowest BCUT2D eigenvalue weighted by atomic mass is 9.95. The Labute approximate surface area is 226 Å². The van der Waals surface area contributed by atoms with E-state index in [0.29, 0.717) is 12.1 Å². The standard InChI is InChI=1S/C22H15BrClF10N3O2/c1-37(19(39)35-9-20(26,27)28)36-18(38)12-4-2-11(6-14(12)22(32,33)34)17(25)8-13(21(29,30)31)10-3-5-15(23)16(24)7-10/h2-8,13H,9H2,1H3,(H,35,39)(H,36,38)/b17-8-. The lowest BCUT2D eigenvalue weighted by molar-refractivity contribution is -0.140. The normalized spacial score (nSPS) is 13.6. The molecule has 39 heavy (non-hydrogen) atoms. The lowest BCUT2D eigenvalue weighted by Crippen LogP contribution is -2.50. The number of alkyl halides is 9. The Balaban J connectivity index is 2.42. The molecular formula is C22H15BrClF10N3O2. The Morgan fingerprint density at radius 3 is 2.15 bits per heavy atom. The molecule has 0 aromatic heterocycles. The molecule has 1 atom stereocenters. The molecule has 0 aliphatic heterocycles. The number of benzene rings is 2. The molecule has 0 spiro atoms. The molecule has 0 saturated carbocycles. The van der Waals surface area contributed by atoms with Crippen LogP contribution in [0.1, 0.15) is 33.0 Å². The van der Waals surface area contributed by atoms with Crippen LogP contribution in [0.25, 0.3) is 5.83 Å². The zero-order chi connectivity index (χ0) is 29.9. The van der Waals surface area contributed by atoms with Crippen LogP contribution in [0.4, 0.5) is 48.7 Å². The first-order valence-electron chi connectivity index (χ1n) is 10.2. The predicted molar refractivity (Wildman–Crippen MR) is 123 cm³/mol. The number of nitrogens with one attached hydrogen (secondary N) is 2. The predicted octanol–water partition coefficient (Wildman–Crippen LogP) is 7.63. The summed E-state index contributed by atoms with van der Waals surface area (Å²) in [6, 6.07) is 2.61. The number of halogens is 12. The molecule has 0 aliphatic carbocycles. The van der Waals surface area contributed by atoms with Crippen LogP contribution in [-0.4, -0.2) is 42.9 Å². The van der Waals surface area contributed by atoms with Gasteiger partial charge in [0.2, 0.25) is 0 Å². The number of amides is 3. The molecule has 0 fully saturated rings. The average Bonchev–Trinajstić information content (AvgIpc) is 2.80. The van der Waals surface area contributed by atoms with Crippen molar-refractivity contribution in [2.24, 2.45) is 0 Å². The van der Waals surface area contributed by atoms with Gasteiger partial charge >= 0.3 is 24.6 Å². The van der Waals surface area contributed by atoms with E-state index in [-0.39, 0.29) is 26.6 Å². The first kappa shape index (κ1) is 32.2. The van der Waals surface area contributed by atoms with Gasteiger partial charge in [-0.1, -0.05) is 23.7 Å². The number of hydrogen-bond donors (Lipinski definition) is 2. The topological polar surface area (TPSA) is 61.4 Å². The number of hydrogen-bond acceptors (Lipinski definition) is 2. The van der Waals surface area contributed by atoms with Crippen LogP contribution in [0.3, 0.4) is 0 Å². The van der Waals surface area contributed by atoms with Crippen molar-refractivity contribution in [2.45, 2.75) is 24.4 Å². The monoisotopic (exact) mass is 657 g/mol. The highest BCUT2D eigenvalue weighted by molar-refractivity contribution is 9.10. The number of hydrazine groups is 1. The van der Waals surface area contributed by atoms with Gasteiger partial charge in [0.1, 0.15) is 18.3 Å². The van der Waals surface area contributed by atoms with E-state index < -0.39 is 71.0 Å². The van der Waals surface area contributed by atoms with Crippen LogP contribution in [-0.2, 0) is 6.18 Å². The summed E-state index contributed by atoms with van der Waals surface area (Å²) in [7, 11) is 0.735. The molecule has 0 heterocycles. The Bertz CT molecular complexity index is 1260. The van der Waals surface area contributed by atoms with Crippen molar-refractivity contribution >= 4 is 45.3 Å². The van der Waals surface area contributed by atoms with Crippen molar-refractivity contribution in [1.82, 2.24) is 15.8 Å². The van der Waals surface area contributed by atoms with Gasteiger partial charge in [0.05, 0.1) is 16.1 Å². The summed E-state index contributed by atoms with van der Waals surface area (Å²) in [5.74, 6) is -5.94. The summed E-state index contributed by atoms with van der Waals surface area (Å²) < 4.78 is 134. The fourth-order valence-corrected chi connectivity index (χ4v) is 3.45. The van der Waals surface area contributed by atoms with Gasteiger partial charge in [0.15, 0.2) is 0 Å². The molecule has 0 radical (unpaired) electrons. The summed E-state index contributed by atoms with van der Waals surface area (Å²) in [4.78, 5) is 24.0. The zero-order valence-electron chi connectivity index (χ0n) is 19.1. The molecular weight excluding hydrogens is 644 g/mol. The summed E-state index contributed by atoms with van der Waals surface area (Å²) >= 11 is 8.79. The number of allylic oxidation sites excluding steroid dienone is 1. The van der Waals surface area contributed by atoms with Gasteiger partial charge in [-0.2, -0.15) is 39.5 Å². The third-order valence-electron chi connectivity index (χ3n) is 4.83. The highest BCUT2D eigenvalue weighted by atomic mass is 79.9. The molecule has 0 aliphatic rings. The van der Waals surface area contributed by atoms with Crippen LogP contribution < -0.4 is 10.7 Å². The van der Waals surface area contributed by atoms with E-state index in [2.05, 4.69) is 15.9 Å². The van der Waals surface area contributed by atoms with Crippen molar-refractivity contribution in [2.75, 3.05) is 13.6 Å². The number of carbonyl (C=O) groups excluding carboxylic acids is 2. The van der Waals surface area contributed by atoms with Crippen molar-refractivity contribution in [1.29, 1.82) is 0 Å². The van der Waals surface area contributed by atoms with Gasteiger partial charge in [-0.3, -0.25) is 10.2 Å². The average molecular weight is 659 g/mol. The van der Waals surface area contributed by atoms with Gasteiger partial charge < -0.3 is 5.32 Å². The SMILES string of the molecule is CN(NC(=O)c1ccc(/C(F)=C/C(c2ccc(Br)c(Cl)c2)C(F)(F)F)cc1C(F)(F)F)C(=O)NCC(F)(F)F. The van der Waals surface area contributed by atoms with Crippen molar-refractivity contribution in [3.05, 3.63) is 74.2 Å². The summed E-state index contributed by atoms with van der Waals surface area (Å²) in [6.45, 7) is -1.80. The van der Waals surface area contributed by atoms with Crippen LogP contribution >= 0.6 is 27.5 Å². The summed E-state index contributed by atoms with van der Waals surface area (Å²) in [6.07, 6.45) is -15.2. The molecule has 3 amide bonds. The minimum Gasteiger partial charge on any atom is -0.327 e. The highest BCUT2D eigenvalue weighted by Gasteiger charge is 2.41. The highest BCUT2D eigenvalue weighted by Crippen LogP contribution is 2.41. The second-order valence-corrected chi connectivity index (χ2v) is 9.00. The number of urea groups is 1. The quantitative estimate of drug-likeness (QED) is 0.257. The van der Waals surface area contributed by atoms with Gasteiger partial charge in [-0.15, -0.1) is 0 Å². The second kappa shape index (κ2) is 12.0. The Hall–Kier alpha value is -3.01. The van der Waals surface area contributed by atoms with E-state index in [9.17, 15) is 53.5 Å². The van der Waals surface area contributed by atoms with Gasteiger partial charge in [0, 0.05) is 17.1 Å². The van der Waals surface area contributed by atoms with Crippen molar-refractivity contribution in [3.63, 3.8) is 0 Å². The Morgan fingerprint density at radius 2 is 1.64 bits per heavy atom. The number of rotatable bonds is 5. The Kier molecular flexibility index (Phi) is 9.93. The van der Waals surface area contributed by atoms with Crippen LogP contribution in [0.15, 0.2) is 46.9 Å². The summed E-state index contributed by atoms with van der Waals surface area (Å²) in [5.41, 5.74) is -2.84. The van der Waals surface area contributed by atoms with Gasteiger partial charge in [-0.05, 0) is 51.8 Å². The third-order valence-corrected chi connectivity index (χ3v) is 6.06. The second-order valence-electron chi connectivity index (χ2n) is 7.74. The molecule has 2 aromatic rings. The lowest BCUT2D eigenvalue weighted by Gasteiger charge is -2.21. The largest absolute Gasteiger partial charge is 0.417 e. The molecule has 0 bridgehead atoms. The number of carbonyl (C=O) groups is 2. The molecule has 214 valence electrons. The Morgan fingerprint density at radius 1 is 1.03 bits per heavy atom. The minimum atomic E-state index is -5.33. The van der Waals surface area contributed by atoms with Crippen LogP contribution in [0.5, 0.6) is 0 Å². The van der Waals surface area contributed by atoms with Gasteiger partial charge in [0.25, 0.3) is 5.91 Å². The molecule has 1 unspecified atom stereocenters. The van der Waals surface area contributed by atoms with E-state index in [1.165, 1.54) is 5.32 Å². The maximum absolute atomic E-state index is 14.9. The molecule has 17 heteroatoms. The maximum atomic E-state index is 14.9. The van der Waals surface area contributed by atoms with Crippen molar-refractivity contribution < 1.29 is 53.5 Å². The molecule has 2 N–H and O–H groups in total. The summed E-state index contributed by atoms with van der Waals surface area (Å²) in [5, 5.41) is 1.37. The van der Waals surface area contributed by atoms with Crippen molar-refractivity contribution in [3.8, 4) is 0 Å². The fourth-order valence-electron chi connectivity index (χ4n) is 3.01. The van der Waals surface area contributed by atoms with Crippen LogP contribution in [0.2, 0.25) is 5.02 Å². The molecule has 2 aromatic carbocycles. The van der Waals surface area contributed by atoms with E-state index in [4.69, 9.17) is 11.6 Å². The smallest absolute Gasteiger partial charge is 0.327 e. The molecule has 5 nitrogen and oxygen atoms in total. The molecule has 2 rings (SSSR count).